The Kier molecular flexibility index (Phi) is 6.15. The van der Waals surface area contributed by atoms with Crippen LogP contribution >= 0.6 is 0 Å². The smallest absolute Gasteiger partial charge is 0.410 e. The maximum absolute atomic E-state index is 13.1. The third kappa shape index (κ3) is 5.13. The third-order valence-electron chi connectivity index (χ3n) is 10.3. The Morgan fingerprint density at radius 1 is 0.750 bits per heavy atom. The zero-order valence-electron chi connectivity index (χ0n) is 26.2. The first-order valence-corrected chi connectivity index (χ1v) is 16.1. The quantitative estimate of drug-likeness (QED) is 0.248. The zero-order valence-corrected chi connectivity index (χ0v) is 26.2. The number of amides is 1. The number of carbonyl (C=O) groups excluding carboxylic acids is 1. The molecule has 8 rings (SSSR count). The number of nitrogens with one attached hydrogen (secondary N) is 2. The maximum Gasteiger partial charge on any atom is 0.410 e. The van der Waals surface area contributed by atoms with Crippen LogP contribution in [0.2, 0.25) is 0 Å². The van der Waals surface area contributed by atoms with Gasteiger partial charge >= 0.3 is 6.09 Å². The van der Waals surface area contributed by atoms with Gasteiger partial charge in [-0.2, -0.15) is 0 Å². The number of likely N-dealkylation sites (tertiary alicyclic amines) is 2. The monoisotopic (exact) mass is 590 g/mol. The molecule has 1 amide bonds. The molecule has 4 fully saturated rings. The Bertz CT molecular complexity index is 1690. The van der Waals surface area contributed by atoms with E-state index >= 15 is 0 Å². The number of H-pyrrole nitrogens is 2. The molecule has 4 heterocycles. The SMILES string of the molecule is CN1CC2(CC2)C[C@H]1c1ncc(-c2ccc(-c3ccc(-c4cnc([C@@H]5CC6(CC6)CN5C(=O)OC(C)(C)C)[nH]4)cc3)cc2)[nH]1. The fraction of sp³-hybridized carbons (Fsp3) is 0.472. The van der Waals surface area contributed by atoms with Crippen LogP contribution in [-0.2, 0) is 4.74 Å². The van der Waals surface area contributed by atoms with Gasteiger partial charge in [0.15, 0.2) is 0 Å². The van der Waals surface area contributed by atoms with Crippen LogP contribution in [0.15, 0.2) is 60.9 Å². The molecule has 4 aliphatic rings. The number of aromatic nitrogens is 4. The van der Waals surface area contributed by atoms with Crippen molar-refractivity contribution in [2.24, 2.45) is 10.8 Å². The molecule has 0 unspecified atom stereocenters. The number of hydrogen-bond donors (Lipinski definition) is 2. The van der Waals surface area contributed by atoms with Crippen LogP contribution in [-0.4, -0.2) is 61.6 Å². The van der Waals surface area contributed by atoms with Gasteiger partial charge in [-0.3, -0.25) is 9.80 Å². The van der Waals surface area contributed by atoms with Crippen LogP contribution in [0.4, 0.5) is 4.79 Å². The summed E-state index contributed by atoms with van der Waals surface area (Å²) in [4.78, 5) is 34.1. The lowest BCUT2D eigenvalue weighted by Crippen LogP contribution is -2.37. The summed E-state index contributed by atoms with van der Waals surface area (Å²) in [6.07, 6.45) is 10.8. The highest BCUT2D eigenvalue weighted by atomic mass is 16.6. The van der Waals surface area contributed by atoms with Crippen molar-refractivity contribution >= 4 is 6.09 Å². The zero-order chi connectivity index (χ0) is 30.3. The number of benzene rings is 2. The number of nitrogens with zero attached hydrogens (tertiary/aromatic N) is 4. The highest BCUT2D eigenvalue weighted by molar-refractivity contribution is 5.72. The van der Waals surface area contributed by atoms with Gasteiger partial charge in [-0.1, -0.05) is 48.5 Å². The maximum atomic E-state index is 13.1. The molecule has 44 heavy (non-hydrogen) atoms. The predicted molar refractivity (Wildman–Crippen MR) is 171 cm³/mol. The third-order valence-corrected chi connectivity index (χ3v) is 10.3. The summed E-state index contributed by atoms with van der Waals surface area (Å²) >= 11 is 0. The minimum absolute atomic E-state index is 0.0845. The molecule has 2 aliphatic carbocycles. The fourth-order valence-corrected chi connectivity index (χ4v) is 7.46. The largest absolute Gasteiger partial charge is 0.444 e. The molecular formula is C36H42N6O2. The lowest BCUT2D eigenvalue weighted by molar-refractivity contribution is 0.0212. The number of hydrogen-bond acceptors (Lipinski definition) is 5. The molecule has 2 spiro atoms. The van der Waals surface area contributed by atoms with Gasteiger partial charge in [0.2, 0.25) is 0 Å². The summed E-state index contributed by atoms with van der Waals surface area (Å²) in [6, 6.07) is 17.6. The standard InChI is InChI=1S/C36H42N6O2/c1-34(2,3)44-33(43)42-22-36(15-16-36)18-30(42)32-38-20-28(40-32)26-11-7-24(8-12-26)23-5-9-25(10-6-23)27-19-37-31(39-27)29-17-35(13-14-35)21-41(29)4/h5-12,19-20,29-30H,13-18,21-22H2,1-4H3,(H,37,39)(H,38,40)/t29-,30-/m0/s1. The van der Waals surface area contributed by atoms with Crippen LogP contribution < -0.4 is 0 Å². The van der Waals surface area contributed by atoms with Crippen molar-refractivity contribution in [1.29, 1.82) is 0 Å². The number of ether oxygens (including phenoxy) is 1. The molecule has 2 aromatic carbocycles. The van der Waals surface area contributed by atoms with Gasteiger partial charge in [0, 0.05) is 13.1 Å². The first-order valence-electron chi connectivity index (χ1n) is 16.1. The van der Waals surface area contributed by atoms with Gasteiger partial charge in [0.1, 0.15) is 17.2 Å². The number of aromatic amines is 2. The van der Waals surface area contributed by atoms with Crippen molar-refractivity contribution in [2.75, 3.05) is 20.1 Å². The van der Waals surface area contributed by atoms with Crippen molar-refractivity contribution in [1.82, 2.24) is 29.7 Å². The summed E-state index contributed by atoms with van der Waals surface area (Å²) < 4.78 is 5.75. The van der Waals surface area contributed by atoms with Gasteiger partial charge in [-0.05, 0) is 99.4 Å². The highest BCUT2D eigenvalue weighted by Crippen LogP contribution is 2.59. The Labute approximate surface area is 259 Å². The van der Waals surface area contributed by atoms with Crippen LogP contribution in [0.3, 0.4) is 0 Å². The first-order chi connectivity index (χ1) is 21.1. The summed E-state index contributed by atoms with van der Waals surface area (Å²) in [6.45, 7) is 7.68. The van der Waals surface area contributed by atoms with Gasteiger partial charge < -0.3 is 14.7 Å². The van der Waals surface area contributed by atoms with E-state index in [4.69, 9.17) is 14.7 Å². The lowest BCUT2D eigenvalue weighted by Gasteiger charge is -2.27. The topological polar surface area (TPSA) is 90.1 Å². The molecule has 0 bridgehead atoms. The van der Waals surface area contributed by atoms with E-state index in [1.807, 2.05) is 38.1 Å². The molecule has 2 N–H and O–H groups in total. The molecule has 2 atom stereocenters. The Hall–Kier alpha value is -3.91. The molecule has 2 saturated carbocycles. The minimum Gasteiger partial charge on any atom is -0.444 e. The van der Waals surface area contributed by atoms with Gasteiger partial charge in [0.05, 0.1) is 35.9 Å². The van der Waals surface area contributed by atoms with E-state index in [1.165, 1.54) is 44.2 Å². The molecular weight excluding hydrogens is 548 g/mol. The number of carbonyl (C=O) groups is 1. The van der Waals surface area contributed by atoms with Crippen LogP contribution in [0.5, 0.6) is 0 Å². The molecule has 2 aliphatic heterocycles. The second-order valence-corrected chi connectivity index (χ2v) is 15.0. The Morgan fingerprint density at radius 2 is 1.20 bits per heavy atom. The molecule has 4 aromatic rings. The molecule has 2 aromatic heterocycles. The van der Waals surface area contributed by atoms with Crippen molar-refractivity contribution in [2.45, 2.75) is 77.0 Å². The average Bonchev–Trinajstić information content (AvgIpc) is 3.60. The van der Waals surface area contributed by atoms with Crippen LogP contribution in [0, 0.1) is 10.8 Å². The molecule has 8 nitrogen and oxygen atoms in total. The van der Waals surface area contributed by atoms with E-state index < -0.39 is 5.60 Å². The van der Waals surface area contributed by atoms with Crippen molar-refractivity contribution < 1.29 is 9.53 Å². The Balaban J connectivity index is 0.954. The van der Waals surface area contributed by atoms with E-state index in [1.54, 1.807) is 0 Å². The van der Waals surface area contributed by atoms with Crippen molar-refractivity contribution in [3.8, 4) is 33.6 Å². The fourth-order valence-electron chi connectivity index (χ4n) is 7.46. The predicted octanol–water partition coefficient (Wildman–Crippen LogP) is 7.75. The van der Waals surface area contributed by atoms with E-state index in [9.17, 15) is 4.79 Å². The van der Waals surface area contributed by atoms with Crippen LogP contribution in [0.25, 0.3) is 33.6 Å². The van der Waals surface area contributed by atoms with Crippen LogP contribution in [0.1, 0.15) is 83.0 Å². The number of rotatable bonds is 5. The van der Waals surface area contributed by atoms with Crippen molar-refractivity contribution in [3.05, 3.63) is 72.6 Å². The summed E-state index contributed by atoms with van der Waals surface area (Å²) in [5.41, 5.74) is 6.85. The number of imidazole rings is 2. The normalized spacial score (nSPS) is 23.5. The van der Waals surface area contributed by atoms with E-state index in [-0.39, 0.29) is 17.6 Å². The van der Waals surface area contributed by atoms with Crippen molar-refractivity contribution in [3.63, 3.8) is 0 Å². The molecule has 2 saturated heterocycles. The minimum atomic E-state index is -0.522. The molecule has 228 valence electrons. The van der Waals surface area contributed by atoms with Gasteiger partial charge in [-0.25, -0.2) is 14.8 Å². The molecule has 8 heteroatoms. The van der Waals surface area contributed by atoms with E-state index in [0.717, 1.165) is 52.7 Å². The molecule has 0 radical (unpaired) electrons. The average molecular weight is 591 g/mol. The first kappa shape index (κ1) is 27.6. The summed E-state index contributed by atoms with van der Waals surface area (Å²) in [5.74, 6) is 1.92. The summed E-state index contributed by atoms with van der Waals surface area (Å²) in [5, 5.41) is 0. The lowest BCUT2D eigenvalue weighted by atomic mass is 10.0. The van der Waals surface area contributed by atoms with E-state index in [0.29, 0.717) is 11.5 Å². The second-order valence-electron chi connectivity index (χ2n) is 15.0. The highest BCUT2D eigenvalue weighted by Gasteiger charge is 2.55. The van der Waals surface area contributed by atoms with Gasteiger partial charge in [0.25, 0.3) is 0 Å². The van der Waals surface area contributed by atoms with E-state index in [2.05, 4.69) is 70.4 Å². The second kappa shape index (κ2) is 9.80. The summed E-state index contributed by atoms with van der Waals surface area (Å²) in [7, 11) is 2.23. The Morgan fingerprint density at radius 3 is 1.68 bits per heavy atom. The van der Waals surface area contributed by atoms with Gasteiger partial charge in [-0.15, -0.1) is 0 Å².